The van der Waals surface area contributed by atoms with Crippen LogP contribution in [-0.4, -0.2) is 30.1 Å². The number of anilines is 2. The van der Waals surface area contributed by atoms with Gasteiger partial charge in [-0.05, 0) is 67.8 Å². The number of benzene rings is 2. The Labute approximate surface area is 158 Å². The van der Waals surface area contributed by atoms with Gasteiger partial charge in [0.05, 0.1) is 12.2 Å². The third-order valence-corrected chi connectivity index (χ3v) is 4.41. The fourth-order valence-corrected chi connectivity index (χ4v) is 3.16. The minimum atomic E-state index is -0.383. The van der Waals surface area contributed by atoms with E-state index < -0.39 is 0 Å². The number of phenolic OH excluding ortho intramolecular Hbond substituents is 1. The molecule has 2 aromatic rings. The van der Waals surface area contributed by atoms with E-state index in [4.69, 9.17) is 4.74 Å². The molecule has 0 unspecified atom stereocenters. The molecule has 1 heterocycles. The molecule has 3 rings (SSSR count). The lowest BCUT2D eigenvalue weighted by molar-refractivity contribution is -0.111. The lowest BCUT2D eigenvalue weighted by atomic mass is 10.00. The summed E-state index contributed by atoms with van der Waals surface area (Å²) in [6.07, 6.45) is 2.83. The minimum absolute atomic E-state index is 0.130. The van der Waals surface area contributed by atoms with E-state index in [1.165, 1.54) is 18.2 Å². The molecule has 27 heavy (non-hydrogen) atoms. The summed E-state index contributed by atoms with van der Waals surface area (Å²) in [4.78, 5) is 26.3. The van der Waals surface area contributed by atoms with Crippen molar-refractivity contribution in [3.05, 3.63) is 60.2 Å². The highest BCUT2D eigenvalue weighted by molar-refractivity contribution is 6.09. The molecule has 1 aliphatic rings. The molecule has 140 valence electrons. The Hall–Kier alpha value is -3.28. The summed E-state index contributed by atoms with van der Waals surface area (Å²) in [6, 6.07) is 10.1. The topological polar surface area (TPSA) is 78.9 Å². The van der Waals surface area contributed by atoms with Crippen LogP contribution < -0.4 is 15.0 Å². The molecule has 0 fully saturated rings. The van der Waals surface area contributed by atoms with Gasteiger partial charge >= 0.3 is 0 Å². The van der Waals surface area contributed by atoms with Gasteiger partial charge in [0, 0.05) is 17.9 Å². The van der Waals surface area contributed by atoms with Gasteiger partial charge in [-0.25, -0.2) is 0 Å². The average molecular weight is 366 g/mol. The summed E-state index contributed by atoms with van der Waals surface area (Å²) in [5.41, 5.74) is 2.41. The van der Waals surface area contributed by atoms with Crippen LogP contribution in [0.15, 0.2) is 49.1 Å². The number of hydrogen-bond acceptors (Lipinski definition) is 4. The van der Waals surface area contributed by atoms with Crippen molar-refractivity contribution in [2.24, 2.45) is 0 Å². The van der Waals surface area contributed by atoms with E-state index in [1.54, 1.807) is 4.90 Å². The zero-order valence-electron chi connectivity index (χ0n) is 15.2. The number of carbonyl (C=O) groups is 2. The van der Waals surface area contributed by atoms with Crippen LogP contribution in [0, 0.1) is 0 Å². The molecule has 0 radical (unpaired) electrons. The Kier molecular flexibility index (Phi) is 5.45. The number of phenols is 1. The number of rotatable bonds is 5. The zero-order chi connectivity index (χ0) is 19.4. The Morgan fingerprint density at radius 2 is 2.11 bits per heavy atom. The van der Waals surface area contributed by atoms with Gasteiger partial charge in [0.2, 0.25) is 5.91 Å². The highest BCUT2D eigenvalue weighted by Gasteiger charge is 2.26. The number of amides is 2. The maximum Gasteiger partial charge on any atom is 0.262 e. The molecule has 6 heteroatoms. The number of fused-ring (bicyclic) bond motifs is 1. The van der Waals surface area contributed by atoms with Crippen LogP contribution in [0.25, 0.3) is 0 Å². The molecule has 0 saturated heterocycles. The van der Waals surface area contributed by atoms with Crippen molar-refractivity contribution in [3.63, 3.8) is 0 Å². The average Bonchev–Trinajstić information content (AvgIpc) is 2.68. The van der Waals surface area contributed by atoms with E-state index in [9.17, 15) is 14.7 Å². The summed E-state index contributed by atoms with van der Waals surface area (Å²) in [5, 5.41) is 12.8. The van der Waals surface area contributed by atoms with E-state index in [0.717, 1.165) is 35.9 Å². The Morgan fingerprint density at radius 1 is 1.30 bits per heavy atom. The molecule has 0 atom stereocenters. The molecule has 2 aromatic carbocycles. The van der Waals surface area contributed by atoms with Crippen LogP contribution in [0.1, 0.15) is 29.3 Å². The Bertz CT molecular complexity index is 892. The van der Waals surface area contributed by atoms with Crippen LogP contribution in [0.2, 0.25) is 0 Å². The first-order valence-corrected chi connectivity index (χ1v) is 8.87. The lowest BCUT2D eigenvalue weighted by Crippen LogP contribution is -2.35. The highest BCUT2D eigenvalue weighted by atomic mass is 16.5. The zero-order valence-corrected chi connectivity index (χ0v) is 15.2. The second-order valence-corrected chi connectivity index (χ2v) is 6.21. The van der Waals surface area contributed by atoms with Crippen LogP contribution in [0.3, 0.4) is 0 Å². The van der Waals surface area contributed by atoms with Crippen molar-refractivity contribution in [2.75, 3.05) is 23.4 Å². The molecule has 0 aromatic heterocycles. The summed E-state index contributed by atoms with van der Waals surface area (Å²) in [6.45, 7) is 6.47. The molecule has 0 spiro atoms. The molecule has 1 aliphatic heterocycles. The first kappa shape index (κ1) is 18.5. The third-order valence-electron chi connectivity index (χ3n) is 4.41. The van der Waals surface area contributed by atoms with Gasteiger partial charge in [-0.3, -0.25) is 9.59 Å². The number of hydrogen-bond donors (Lipinski definition) is 2. The minimum Gasteiger partial charge on any atom is -0.507 e. The first-order chi connectivity index (χ1) is 13.0. The van der Waals surface area contributed by atoms with E-state index in [-0.39, 0.29) is 23.1 Å². The smallest absolute Gasteiger partial charge is 0.262 e. The standard InChI is InChI=1S/C21H22N2O4/c1-3-20(25)22-15-7-10-19(24)17(13-15)21(26)23-11-5-6-14-12-16(27-4-2)8-9-18(14)23/h3,7-10,12-13,24H,1,4-6,11H2,2H3,(H,22,25). The SMILES string of the molecule is C=CC(=O)Nc1ccc(O)c(C(=O)N2CCCc3cc(OCC)ccc32)c1. The summed E-state index contributed by atoms with van der Waals surface area (Å²) >= 11 is 0. The molecule has 0 saturated carbocycles. The molecule has 0 bridgehead atoms. The normalized spacial score (nSPS) is 12.9. The van der Waals surface area contributed by atoms with Crippen molar-refractivity contribution in [3.8, 4) is 11.5 Å². The number of aromatic hydroxyl groups is 1. The van der Waals surface area contributed by atoms with Gasteiger partial charge in [-0.2, -0.15) is 0 Å². The van der Waals surface area contributed by atoms with Crippen molar-refractivity contribution >= 4 is 23.2 Å². The van der Waals surface area contributed by atoms with E-state index in [1.807, 2.05) is 25.1 Å². The highest BCUT2D eigenvalue weighted by Crippen LogP contribution is 2.33. The van der Waals surface area contributed by atoms with Gasteiger partial charge < -0.3 is 20.1 Å². The van der Waals surface area contributed by atoms with Crippen molar-refractivity contribution in [1.29, 1.82) is 0 Å². The Morgan fingerprint density at radius 3 is 2.85 bits per heavy atom. The number of nitrogens with zero attached hydrogens (tertiary/aromatic N) is 1. The second kappa shape index (κ2) is 7.95. The summed E-state index contributed by atoms with van der Waals surface area (Å²) < 4.78 is 5.54. The Balaban J connectivity index is 1.92. The van der Waals surface area contributed by atoms with Gasteiger partial charge in [-0.1, -0.05) is 6.58 Å². The molecular formula is C21H22N2O4. The number of carbonyl (C=O) groups excluding carboxylic acids is 2. The van der Waals surface area contributed by atoms with Gasteiger partial charge in [0.1, 0.15) is 11.5 Å². The third kappa shape index (κ3) is 3.95. The fraction of sp³-hybridized carbons (Fsp3) is 0.238. The predicted octanol–water partition coefficient (Wildman–Crippen LogP) is 3.51. The van der Waals surface area contributed by atoms with Crippen molar-refractivity contribution < 1.29 is 19.4 Å². The van der Waals surface area contributed by atoms with Crippen LogP contribution in [0.4, 0.5) is 11.4 Å². The fourth-order valence-electron chi connectivity index (χ4n) is 3.16. The van der Waals surface area contributed by atoms with Crippen LogP contribution in [-0.2, 0) is 11.2 Å². The van der Waals surface area contributed by atoms with Gasteiger partial charge in [0.25, 0.3) is 5.91 Å². The van der Waals surface area contributed by atoms with Crippen LogP contribution >= 0.6 is 0 Å². The molecule has 0 aliphatic carbocycles. The van der Waals surface area contributed by atoms with E-state index in [2.05, 4.69) is 11.9 Å². The largest absolute Gasteiger partial charge is 0.507 e. The van der Waals surface area contributed by atoms with E-state index >= 15 is 0 Å². The lowest BCUT2D eigenvalue weighted by Gasteiger charge is -2.30. The number of nitrogens with one attached hydrogen (secondary N) is 1. The van der Waals surface area contributed by atoms with Gasteiger partial charge in [0.15, 0.2) is 0 Å². The summed E-state index contributed by atoms with van der Waals surface area (Å²) in [5.74, 6) is -0.0460. The quantitative estimate of drug-likeness (QED) is 0.627. The second-order valence-electron chi connectivity index (χ2n) is 6.21. The van der Waals surface area contributed by atoms with Crippen LogP contribution in [0.5, 0.6) is 11.5 Å². The maximum atomic E-state index is 13.1. The van der Waals surface area contributed by atoms with E-state index in [0.29, 0.717) is 18.8 Å². The van der Waals surface area contributed by atoms with Crippen molar-refractivity contribution in [1.82, 2.24) is 0 Å². The molecular weight excluding hydrogens is 344 g/mol. The maximum absolute atomic E-state index is 13.1. The summed E-state index contributed by atoms with van der Waals surface area (Å²) in [7, 11) is 0. The predicted molar refractivity (Wildman–Crippen MR) is 105 cm³/mol. The molecule has 6 nitrogen and oxygen atoms in total. The number of ether oxygens (including phenoxy) is 1. The number of aryl methyl sites for hydroxylation is 1. The first-order valence-electron chi connectivity index (χ1n) is 8.87. The van der Waals surface area contributed by atoms with Crippen molar-refractivity contribution in [2.45, 2.75) is 19.8 Å². The molecule has 2 N–H and O–H groups in total. The monoisotopic (exact) mass is 366 g/mol. The van der Waals surface area contributed by atoms with Gasteiger partial charge in [-0.15, -0.1) is 0 Å². The molecule has 2 amide bonds.